The lowest BCUT2D eigenvalue weighted by Crippen LogP contribution is -2.49. The van der Waals surface area contributed by atoms with Gasteiger partial charge in [0.1, 0.15) is 16.4 Å². The van der Waals surface area contributed by atoms with Crippen molar-refractivity contribution >= 4 is 34.8 Å². The monoisotopic (exact) mass is 479 g/mol. The summed E-state index contributed by atoms with van der Waals surface area (Å²) < 4.78 is 13.0. The van der Waals surface area contributed by atoms with E-state index in [4.69, 9.17) is 20.8 Å². The Morgan fingerprint density at radius 1 is 1.03 bits per heavy atom. The van der Waals surface area contributed by atoms with Gasteiger partial charge in [0.05, 0.1) is 19.4 Å². The fourth-order valence-corrected chi connectivity index (χ4v) is 4.32. The number of aromatic nitrogens is 5. The summed E-state index contributed by atoms with van der Waals surface area (Å²) in [4.78, 5) is 25.5. The highest BCUT2D eigenvalue weighted by Crippen LogP contribution is 2.27. The summed E-state index contributed by atoms with van der Waals surface area (Å²) in [5.41, 5.74) is 3.27. The summed E-state index contributed by atoms with van der Waals surface area (Å²) in [5, 5.41) is 8.91. The van der Waals surface area contributed by atoms with Gasteiger partial charge in [-0.1, -0.05) is 28.9 Å². The van der Waals surface area contributed by atoms with Crippen LogP contribution in [-0.2, 0) is 10.3 Å². The number of pyridine rings is 1. The minimum Gasteiger partial charge on any atom is -0.422 e. The zero-order chi connectivity index (χ0) is 23.3. The first-order valence-corrected chi connectivity index (χ1v) is 11.4. The number of fused-ring (bicyclic) bond motifs is 1. The van der Waals surface area contributed by atoms with E-state index in [0.29, 0.717) is 67.4 Å². The normalized spacial score (nSPS) is 17.7. The summed E-state index contributed by atoms with van der Waals surface area (Å²) in [5.74, 6) is -0.00000379. The van der Waals surface area contributed by atoms with Crippen LogP contribution >= 0.6 is 11.6 Å². The number of piperazine rings is 1. The number of amides is 1. The fraction of sp³-hybridized carbons (Fsp3) is 0.348. The number of halogens is 1. The molecule has 2 aliphatic rings. The number of carbonyl (C=O) groups is 1. The molecule has 0 radical (unpaired) electrons. The second kappa shape index (κ2) is 8.07. The SMILES string of the molecule is CC1(n2cc(-c3ccc(C(=O)N4CCN(c5nc6nc(Cl)ccc6o5)CC4)cc3)nn2)COC1. The molecule has 6 rings (SSSR count). The van der Waals surface area contributed by atoms with Gasteiger partial charge in [0.25, 0.3) is 11.9 Å². The Hall–Kier alpha value is -3.50. The van der Waals surface area contributed by atoms with Crippen molar-refractivity contribution < 1.29 is 13.9 Å². The molecule has 1 aromatic carbocycles. The summed E-state index contributed by atoms with van der Waals surface area (Å²) in [6, 6.07) is 11.4. The highest BCUT2D eigenvalue weighted by atomic mass is 35.5. The van der Waals surface area contributed by atoms with E-state index in [0.717, 1.165) is 11.3 Å². The Morgan fingerprint density at radius 3 is 2.50 bits per heavy atom. The van der Waals surface area contributed by atoms with Gasteiger partial charge in [0.2, 0.25) is 5.65 Å². The van der Waals surface area contributed by atoms with Gasteiger partial charge in [0, 0.05) is 37.3 Å². The molecule has 174 valence electrons. The van der Waals surface area contributed by atoms with E-state index in [9.17, 15) is 4.79 Å². The van der Waals surface area contributed by atoms with Gasteiger partial charge in [-0.25, -0.2) is 9.67 Å². The number of oxazole rings is 1. The molecule has 0 N–H and O–H groups in total. The topological polar surface area (TPSA) is 102 Å². The molecule has 2 fully saturated rings. The molecule has 4 aromatic rings. The third kappa shape index (κ3) is 3.68. The largest absolute Gasteiger partial charge is 0.422 e. The molecular formula is C23H22ClN7O3. The maximum absolute atomic E-state index is 13.0. The summed E-state index contributed by atoms with van der Waals surface area (Å²) in [6.45, 7) is 5.74. The van der Waals surface area contributed by atoms with Crippen LogP contribution in [0.4, 0.5) is 6.01 Å². The molecule has 5 heterocycles. The van der Waals surface area contributed by atoms with Crippen LogP contribution in [0.25, 0.3) is 22.5 Å². The number of ether oxygens (including phenoxy) is 1. The van der Waals surface area contributed by atoms with Gasteiger partial charge in [-0.15, -0.1) is 5.10 Å². The molecule has 0 spiro atoms. The van der Waals surface area contributed by atoms with E-state index >= 15 is 0 Å². The van der Waals surface area contributed by atoms with Crippen LogP contribution in [0.2, 0.25) is 5.15 Å². The zero-order valence-electron chi connectivity index (χ0n) is 18.5. The van der Waals surface area contributed by atoms with Gasteiger partial charge in [0.15, 0.2) is 5.58 Å². The van der Waals surface area contributed by atoms with Crippen LogP contribution in [-0.4, -0.2) is 75.2 Å². The molecule has 0 unspecified atom stereocenters. The van der Waals surface area contributed by atoms with Crippen LogP contribution in [0.3, 0.4) is 0 Å². The maximum Gasteiger partial charge on any atom is 0.300 e. The van der Waals surface area contributed by atoms with Crippen LogP contribution in [0, 0.1) is 0 Å². The van der Waals surface area contributed by atoms with Crippen molar-refractivity contribution in [3.63, 3.8) is 0 Å². The van der Waals surface area contributed by atoms with Crippen molar-refractivity contribution in [1.29, 1.82) is 0 Å². The standard InChI is InChI=1S/C23H22ClN7O3/c1-23(13-33-14-23)31-12-17(27-28-31)15-2-4-16(5-3-15)21(32)29-8-10-30(11-9-29)22-26-20-18(34-22)6-7-19(24)25-20/h2-7,12H,8-11,13-14H2,1H3. The van der Waals surface area contributed by atoms with Crippen molar-refractivity contribution in [2.24, 2.45) is 0 Å². The third-order valence-corrected chi connectivity index (χ3v) is 6.56. The first-order chi connectivity index (χ1) is 16.5. The second-order valence-electron chi connectivity index (χ2n) is 8.85. The van der Waals surface area contributed by atoms with Crippen LogP contribution < -0.4 is 4.90 Å². The average Bonchev–Trinajstić information content (AvgIpc) is 3.50. The van der Waals surface area contributed by atoms with Crippen molar-refractivity contribution in [3.8, 4) is 11.3 Å². The Bertz CT molecular complexity index is 1350. The van der Waals surface area contributed by atoms with Gasteiger partial charge >= 0.3 is 0 Å². The first-order valence-electron chi connectivity index (χ1n) is 11.1. The number of benzene rings is 1. The molecule has 0 saturated carbocycles. The quantitative estimate of drug-likeness (QED) is 0.412. The Morgan fingerprint density at radius 2 is 1.79 bits per heavy atom. The lowest BCUT2D eigenvalue weighted by molar-refractivity contribution is -0.0965. The molecule has 10 nitrogen and oxygen atoms in total. The van der Waals surface area contributed by atoms with Gasteiger partial charge in [-0.3, -0.25) is 4.79 Å². The van der Waals surface area contributed by atoms with Gasteiger partial charge < -0.3 is 19.0 Å². The van der Waals surface area contributed by atoms with E-state index < -0.39 is 0 Å². The van der Waals surface area contributed by atoms with Gasteiger partial charge in [-0.2, -0.15) is 4.98 Å². The number of nitrogens with zero attached hydrogens (tertiary/aromatic N) is 7. The van der Waals surface area contributed by atoms with E-state index in [2.05, 4.69) is 27.2 Å². The molecule has 11 heteroatoms. The second-order valence-corrected chi connectivity index (χ2v) is 9.23. The molecule has 2 aliphatic heterocycles. The highest BCUT2D eigenvalue weighted by Gasteiger charge is 2.36. The summed E-state index contributed by atoms with van der Waals surface area (Å²) in [7, 11) is 0. The minimum absolute atomic E-state index is 0.00000379. The molecule has 0 aliphatic carbocycles. The maximum atomic E-state index is 13.0. The van der Waals surface area contributed by atoms with E-state index in [-0.39, 0.29) is 11.4 Å². The number of hydrogen-bond acceptors (Lipinski definition) is 8. The molecule has 0 bridgehead atoms. The lowest BCUT2D eigenvalue weighted by Gasteiger charge is -2.37. The van der Waals surface area contributed by atoms with Crippen molar-refractivity contribution in [2.45, 2.75) is 12.5 Å². The molecule has 1 amide bonds. The average molecular weight is 480 g/mol. The highest BCUT2D eigenvalue weighted by molar-refractivity contribution is 6.29. The predicted molar refractivity (Wildman–Crippen MR) is 125 cm³/mol. The van der Waals surface area contributed by atoms with Crippen molar-refractivity contribution in [3.05, 3.63) is 53.3 Å². The molecule has 2 saturated heterocycles. The summed E-state index contributed by atoms with van der Waals surface area (Å²) in [6.07, 6.45) is 1.92. The van der Waals surface area contributed by atoms with E-state index in [1.54, 1.807) is 12.1 Å². The molecule has 3 aromatic heterocycles. The first kappa shape index (κ1) is 21.1. The zero-order valence-corrected chi connectivity index (χ0v) is 19.3. The molecular weight excluding hydrogens is 458 g/mol. The third-order valence-electron chi connectivity index (χ3n) is 6.35. The molecule has 34 heavy (non-hydrogen) atoms. The number of carbonyl (C=O) groups excluding carboxylic acids is 1. The smallest absolute Gasteiger partial charge is 0.300 e. The van der Waals surface area contributed by atoms with Crippen LogP contribution in [0.15, 0.2) is 47.0 Å². The minimum atomic E-state index is -0.134. The fourth-order valence-electron chi connectivity index (χ4n) is 4.18. The number of anilines is 1. The molecule has 0 atom stereocenters. The summed E-state index contributed by atoms with van der Waals surface area (Å²) >= 11 is 5.94. The van der Waals surface area contributed by atoms with Crippen molar-refractivity contribution in [1.82, 2.24) is 29.9 Å². The number of hydrogen-bond donors (Lipinski definition) is 0. The van der Waals surface area contributed by atoms with Crippen LogP contribution in [0.5, 0.6) is 0 Å². The van der Waals surface area contributed by atoms with E-state index in [1.165, 1.54) is 0 Å². The Kier molecular flexibility index (Phi) is 5.00. The van der Waals surface area contributed by atoms with Crippen LogP contribution in [0.1, 0.15) is 17.3 Å². The Labute approximate surface area is 200 Å². The Balaban J connectivity index is 1.10. The van der Waals surface area contributed by atoms with E-state index in [1.807, 2.05) is 44.9 Å². The van der Waals surface area contributed by atoms with Gasteiger partial charge in [-0.05, 0) is 31.2 Å². The number of rotatable bonds is 4. The predicted octanol–water partition coefficient (Wildman–Crippen LogP) is 2.84. The lowest BCUT2D eigenvalue weighted by atomic mass is 10.0. The van der Waals surface area contributed by atoms with Crippen molar-refractivity contribution in [2.75, 3.05) is 44.3 Å².